The lowest BCUT2D eigenvalue weighted by atomic mass is 9.90. The highest BCUT2D eigenvalue weighted by Crippen LogP contribution is 2.25. The molecule has 2 N–H and O–H groups in total. The van der Waals surface area contributed by atoms with E-state index in [1.54, 1.807) is 18.0 Å². The van der Waals surface area contributed by atoms with Crippen LogP contribution in [0.25, 0.3) is 0 Å². The Hall–Kier alpha value is -1.13. The fraction of sp³-hybridized carbons (Fsp3) is 0.500. The van der Waals surface area contributed by atoms with Crippen molar-refractivity contribution >= 4 is 17.5 Å². The number of amides is 1. The van der Waals surface area contributed by atoms with E-state index in [0.29, 0.717) is 0 Å². The van der Waals surface area contributed by atoms with E-state index >= 15 is 0 Å². The average molecular weight is 285 g/mol. The highest BCUT2D eigenvalue weighted by Gasteiger charge is 2.27. The molecule has 0 atom stereocenters. The first-order chi connectivity index (χ1) is 9.00. The Labute approximate surface area is 117 Å². The quantitative estimate of drug-likeness (QED) is 0.908. The first-order valence-electron chi connectivity index (χ1n) is 6.47. The SMILES string of the molecule is CN(C(=O)c1cccc(F)c1Cl)C1CCC(N)CC1. The van der Waals surface area contributed by atoms with Crippen molar-refractivity contribution in [2.24, 2.45) is 5.73 Å². The minimum atomic E-state index is -0.563. The van der Waals surface area contributed by atoms with E-state index in [9.17, 15) is 9.18 Å². The summed E-state index contributed by atoms with van der Waals surface area (Å²) in [6.07, 6.45) is 3.60. The summed E-state index contributed by atoms with van der Waals surface area (Å²) in [4.78, 5) is 14.0. The maximum Gasteiger partial charge on any atom is 0.255 e. The van der Waals surface area contributed by atoms with E-state index in [2.05, 4.69) is 0 Å². The first kappa shape index (κ1) is 14.3. The van der Waals surface area contributed by atoms with Crippen LogP contribution < -0.4 is 5.73 Å². The number of benzene rings is 1. The molecule has 1 aliphatic carbocycles. The number of carbonyl (C=O) groups is 1. The second kappa shape index (κ2) is 5.88. The maximum absolute atomic E-state index is 13.4. The van der Waals surface area contributed by atoms with Gasteiger partial charge in [-0.05, 0) is 37.8 Å². The fourth-order valence-corrected chi connectivity index (χ4v) is 2.72. The number of hydrogen-bond donors (Lipinski definition) is 1. The van der Waals surface area contributed by atoms with Crippen LogP contribution in [0.2, 0.25) is 5.02 Å². The van der Waals surface area contributed by atoms with Crippen LogP contribution in [-0.4, -0.2) is 29.9 Å². The third-order valence-electron chi connectivity index (χ3n) is 3.79. The molecule has 1 saturated carbocycles. The molecule has 0 aromatic heterocycles. The van der Waals surface area contributed by atoms with Crippen molar-refractivity contribution in [1.82, 2.24) is 4.90 Å². The Bertz CT molecular complexity index is 473. The van der Waals surface area contributed by atoms with E-state index in [0.717, 1.165) is 25.7 Å². The Balaban J connectivity index is 2.13. The standard InChI is InChI=1S/C14H18ClFN2O/c1-18(10-7-5-9(17)6-8-10)14(19)11-3-2-4-12(16)13(11)15/h2-4,9-10H,5-8,17H2,1H3. The number of nitrogens with two attached hydrogens (primary N) is 1. The molecule has 1 aromatic rings. The van der Waals surface area contributed by atoms with E-state index < -0.39 is 5.82 Å². The first-order valence-corrected chi connectivity index (χ1v) is 6.85. The van der Waals surface area contributed by atoms with Crippen LogP contribution in [0.15, 0.2) is 18.2 Å². The van der Waals surface area contributed by atoms with Gasteiger partial charge in [-0.25, -0.2) is 4.39 Å². The third-order valence-corrected chi connectivity index (χ3v) is 4.18. The average Bonchev–Trinajstić information content (AvgIpc) is 2.41. The van der Waals surface area contributed by atoms with E-state index in [1.807, 2.05) is 0 Å². The van der Waals surface area contributed by atoms with E-state index in [-0.39, 0.29) is 28.6 Å². The smallest absolute Gasteiger partial charge is 0.255 e. The van der Waals surface area contributed by atoms with Crippen LogP contribution in [0.3, 0.4) is 0 Å². The Morgan fingerprint density at radius 1 is 1.37 bits per heavy atom. The van der Waals surface area contributed by atoms with Crippen LogP contribution in [0.5, 0.6) is 0 Å². The fourth-order valence-electron chi connectivity index (χ4n) is 2.51. The summed E-state index contributed by atoms with van der Waals surface area (Å²) >= 11 is 5.85. The molecule has 5 heteroatoms. The van der Waals surface area contributed by atoms with Crippen LogP contribution in [0.4, 0.5) is 4.39 Å². The lowest BCUT2D eigenvalue weighted by Gasteiger charge is -2.33. The molecule has 104 valence electrons. The van der Waals surface area contributed by atoms with E-state index in [4.69, 9.17) is 17.3 Å². The monoisotopic (exact) mass is 284 g/mol. The van der Waals surface area contributed by atoms with Crippen LogP contribution >= 0.6 is 11.6 Å². The normalized spacial score (nSPS) is 23.2. The number of halogens is 2. The van der Waals surface area contributed by atoms with Crippen LogP contribution in [0.1, 0.15) is 36.0 Å². The lowest BCUT2D eigenvalue weighted by molar-refractivity contribution is 0.0689. The molecule has 19 heavy (non-hydrogen) atoms. The van der Waals surface area contributed by atoms with Gasteiger partial charge in [0.05, 0.1) is 10.6 Å². The van der Waals surface area contributed by atoms with Gasteiger partial charge in [0.1, 0.15) is 5.82 Å². The van der Waals surface area contributed by atoms with Gasteiger partial charge in [-0.3, -0.25) is 4.79 Å². The second-order valence-corrected chi connectivity index (χ2v) is 5.46. The van der Waals surface area contributed by atoms with Crippen LogP contribution in [-0.2, 0) is 0 Å². The van der Waals surface area contributed by atoms with Crippen molar-refractivity contribution in [2.45, 2.75) is 37.8 Å². The molecular weight excluding hydrogens is 267 g/mol. The summed E-state index contributed by atoms with van der Waals surface area (Å²) in [7, 11) is 1.74. The topological polar surface area (TPSA) is 46.3 Å². The summed E-state index contributed by atoms with van der Waals surface area (Å²) in [5.74, 6) is -0.795. The highest BCUT2D eigenvalue weighted by molar-refractivity contribution is 6.34. The van der Waals surface area contributed by atoms with E-state index in [1.165, 1.54) is 12.1 Å². The lowest BCUT2D eigenvalue weighted by Crippen LogP contribution is -2.42. The summed E-state index contributed by atoms with van der Waals surface area (Å²) < 4.78 is 13.4. The molecule has 1 amide bonds. The van der Waals surface area contributed by atoms with Crippen molar-refractivity contribution in [3.8, 4) is 0 Å². The molecule has 2 rings (SSSR count). The molecule has 0 spiro atoms. The summed E-state index contributed by atoms with van der Waals surface area (Å²) in [5.41, 5.74) is 6.08. The largest absolute Gasteiger partial charge is 0.339 e. The van der Waals surface area contributed by atoms with Gasteiger partial charge < -0.3 is 10.6 Å². The summed E-state index contributed by atoms with van der Waals surface area (Å²) in [5, 5.41) is -0.105. The minimum Gasteiger partial charge on any atom is -0.339 e. The van der Waals surface area contributed by atoms with Crippen LogP contribution in [0, 0.1) is 5.82 Å². The maximum atomic E-state index is 13.4. The van der Waals surface area contributed by atoms with Gasteiger partial charge in [0.15, 0.2) is 0 Å². The number of carbonyl (C=O) groups excluding carboxylic acids is 1. The minimum absolute atomic E-state index is 0.105. The molecule has 1 aromatic carbocycles. The van der Waals surface area contributed by atoms with Gasteiger partial charge in [0.25, 0.3) is 5.91 Å². The molecule has 0 aliphatic heterocycles. The number of hydrogen-bond acceptors (Lipinski definition) is 2. The molecule has 0 radical (unpaired) electrons. The zero-order valence-electron chi connectivity index (χ0n) is 10.9. The zero-order valence-corrected chi connectivity index (χ0v) is 11.7. The molecule has 0 unspecified atom stereocenters. The van der Waals surface area contributed by atoms with Gasteiger partial charge in [-0.1, -0.05) is 17.7 Å². The summed E-state index contributed by atoms with van der Waals surface area (Å²) in [6, 6.07) is 4.69. The molecule has 0 saturated heterocycles. The predicted molar refractivity (Wildman–Crippen MR) is 73.7 cm³/mol. The van der Waals surface area contributed by atoms with Gasteiger partial charge in [0, 0.05) is 19.1 Å². The predicted octanol–water partition coefficient (Wildman–Crippen LogP) is 2.82. The van der Waals surface area contributed by atoms with Gasteiger partial charge in [0.2, 0.25) is 0 Å². The third kappa shape index (κ3) is 3.07. The van der Waals surface area contributed by atoms with Gasteiger partial charge in [-0.15, -0.1) is 0 Å². The Morgan fingerprint density at radius 3 is 2.63 bits per heavy atom. The highest BCUT2D eigenvalue weighted by atomic mass is 35.5. The molecule has 0 bridgehead atoms. The molecular formula is C14H18ClFN2O. The Morgan fingerprint density at radius 2 is 2.00 bits per heavy atom. The zero-order chi connectivity index (χ0) is 14.0. The molecule has 1 fully saturated rings. The van der Waals surface area contributed by atoms with Crippen molar-refractivity contribution in [3.05, 3.63) is 34.6 Å². The van der Waals surface area contributed by atoms with Crippen molar-refractivity contribution in [2.75, 3.05) is 7.05 Å². The number of rotatable bonds is 2. The molecule has 0 heterocycles. The Kier molecular flexibility index (Phi) is 4.42. The second-order valence-electron chi connectivity index (χ2n) is 5.09. The van der Waals surface area contributed by atoms with Crippen molar-refractivity contribution < 1.29 is 9.18 Å². The number of nitrogens with zero attached hydrogens (tertiary/aromatic N) is 1. The van der Waals surface area contributed by atoms with Crippen molar-refractivity contribution in [3.63, 3.8) is 0 Å². The molecule has 1 aliphatic rings. The van der Waals surface area contributed by atoms with Crippen molar-refractivity contribution in [1.29, 1.82) is 0 Å². The molecule has 3 nitrogen and oxygen atoms in total. The van der Waals surface area contributed by atoms with Gasteiger partial charge >= 0.3 is 0 Å². The van der Waals surface area contributed by atoms with Gasteiger partial charge in [-0.2, -0.15) is 0 Å². The summed E-state index contributed by atoms with van der Waals surface area (Å²) in [6.45, 7) is 0.